The fourth-order valence-corrected chi connectivity index (χ4v) is 4.34. The number of nitrogens with zero attached hydrogens (tertiary/aromatic N) is 1. The van der Waals surface area contributed by atoms with Crippen molar-refractivity contribution < 1.29 is 4.79 Å². The van der Waals surface area contributed by atoms with Crippen LogP contribution in [-0.2, 0) is 0 Å². The number of aryl methyl sites for hydroxylation is 1. The number of amides is 1. The van der Waals surface area contributed by atoms with E-state index in [0.29, 0.717) is 17.1 Å². The number of carbonyl (C=O) groups excluding carboxylic acids is 1. The van der Waals surface area contributed by atoms with E-state index in [1.54, 1.807) is 6.20 Å². The lowest BCUT2D eigenvalue weighted by Crippen LogP contribution is -2.42. The van der Waals surface area contributed by atoms with Crippen LogP contribution in [0.2, 0.25) is 0 Å². The van der Waals surface area contributed by atoms with E-state index in [9.17, 15) is 4.79 Å². The van der Waals surface area contributed by atoms with E-state index in [1.807, 2.05) is 6.07 Å². The summed E-state index contributed by atoms with van der Waals surface area (Å²) in [4.78, 5) is 17.8. The molecule has 1 aromatic carbocycles. The fourth-order valence-electron chi connectivity index (χ4n) is 3.52. The monoisotopic (exact) mass is 313 g/mol. The van der Waals surface area contributed by atoms with Crippen molar-refractivity contribution in [3.8, 4) is 10.4 Å². The molecule has 3 unspecified atom stereocenters. The molecule has 3 heterocycles. The molecule has 1 amide bonds. The zero-order valence-corrected chi connectivity index (χ0v) is 13.3. The van der Waals surface area contributed by atoms with Crippen molar-refractivity contribution in [2.24, 2.45) is 0 Å². The van der Waals surface area contributed by atoms with Gasteiger partial charge in [0.25, 0.3) is 5.91 Å². The Morgan fingerprint density at radius 3 is 3.05 bits per heavy atom. The predicted octanol–water partition coefficient (Wildman–Crippen LogP) is 2.74. The first-order chi connectivity index (χ1) is 10.7. The van der Waals surface area contributed by atoms with Gasteiger partial charge in [-0.25, -0.2) is 4.98 Å². The SMILES string of the molecule is Cc1cccc(-c2cnc(C(=O)NC3CC4CCC3N4)s2)c1. The lowest BCUT2D eigenvalue weighted by molar-refractivity contribution is 0.0930. The summed E-state index contributed by atoms with van der Waals surface area (Å²) in [5.74, 6) is -0.0387. The Kier molecular flexibility index (Phi) is 3.47. The molecule has 0 aliphatic carbocycles. The first kappa shape index (κ1) is 13.9. The fraction of sp³-hybridized carbons (Fsp3) is 0.412. The molecule has 0 spiro atoms. The van der Waals surface area contributed by atoms with E-state index in [2.05, 4.69) is 40.7 Å². The summed E-state index contributed by atoms with van der Waals surface area (Å²) in [7, 11) is 0. The van der Waals surface area contributed by atoms with Crippen molar-refractivity contribution in [1.82, 2.24) is 15.6 Å². The van der Waals surface area contributed by atoms with Crippen LogP contribution in [-0.4, -0.2) is 29.0 Å². The minimum atomic E-state index is -0.0387. The van der Waals surface area contributed by atoms with Crippen LogP contribution >= 0.6 is 11.3 Å². The zero-order chi connectivity index (χ0) is 15.1. The Labute approximate surface area is 134 Å². The largest absolute Gasteiger partial charge is 0.346 e. The van der Waals surface area contributed by atoms with Crippen LogP contribution in [0.3, 0.4) is 0 Å². The van der Waals surface area contributed by atoms with Gasteiger partial charge in [0, 0.05) is 24.3 Å². The van der Waals surface area contributed by atoms with Crippen molar-refractivity contribution in [2.45, 2.75) is 44.3 Å². The second-order valence-electron chi connectivity index (χ2n) is 6.26. The van der Waals surface area contributed by atoms with Crippen molar-refractivity contribution in [1.29, 1.82) is 0 Å². The molecule has 2 N–H and O–H groups in total. The Hall–Kier alpha value is -1.72. The third-order valence-corrected chi connectivity index (χ3v) is 5.66. The molecule has 2 fully saturated rings. The quantitative estimate of drug-likeness (QED) is 0.916. The zero-order valence-electron chi connectivity index (χ0n) is 12.5. The van der Waals surface area contributed by atoms with E-state index in [1.165, 1.54) is 29.7 Å². The molecule has 2 aliphatic heterocycles. The van der Waals surface area contributed by atoms with Crippen molar-refractivity contribution in [3.05, 3.63) is 41.0 Å². The van der Waals surface area contributed by atoms with Crippen molar-refractivity contribution in [3.63, 3.8) is 0 Å². The van der Waals surface area contributed by atoms with Crippen molar-refractivity contribution >= 4 is 17.2 Å². The van der Waals surface area contributed by atoms with Crippen LogP contribution in [0, 0.1) is 6.92 Å². The average Bonchev–Trinajstić information content (AvgIpc) is 3.23. The molecular formula is C17H19N3OS. The summed E-state index contributed by atoms with van der Waals surface area (Å²) >= 11 is 1.46. The number of carbonyl (C=O) groups is 1. The summed E-state index contributed by atoms with van der Waals surface area (Å²) in [5.41, 5.74) is 2.34. The molecule has 0 radical (unpaired) electrons. The molecule has 0 saturated carbocycles. The topological polar surface area (TPSA) is 54.0 Å². The number of thiazole rings is 1. The molecule has 1 aromatic heterocycles. The van der Waals surface area contributed by atoms with Crippen LogP contribution in [0.25, 0.3) is 10.4 Å². The summed E-state index contributed by atoms with van der Waals surface area (Å²) < 4.78 is 0. The van der Waals surface area contributed by atoms with Gasteiger partial charge in [-0.05, 0) is 31.7 Å². The third kappa shape index (κ3) is 2.55. The van der Waals surface area contributed by atoms with Gasteiger partial charge in [0.05, 0.1) is 4.88 Å². The molecular weight excluding hydrogens is 294 g/mol. The molecule has 2 aliphatic rings. The number of benzene rings is 1. The van der Waals surface area contributed by atoms with Gasteiger partial charge in [-0.3, -0.25) is 4.79 Å². The maximum atomic E-state index is 12.4. The van der Waals surface area contributed by atoms with Crippen LogP contribution in [0.4, 0.5) is 0 Å². The Bertz CT molecular complexity index is 711. The van der Waals surface area contributed by atoms with Gasteiger partial charge in [0.1, 0.15) is 0 Å². The van der Waals surface area contributed by atoms with Crippen LogP contribution < -0.4 is 10.6 Å². The predicted molar refractivity (Wildman–Crippen MR) is 88.1 cm³/mol. The number of nitrogens with one attached hydrogen (secondary N) is 2. The van der Waals surface area contributed by atoms with Gasteiger partial charge < -0.3 is 10.6 Å². The number of aromatic nitrogens is 1. The summed E-state index contributed by atoms with van der Waals surface area (Å²) in [6.07, 6.45) is 5.26. The van der Waals surface area contributed by atoms with E-state index in [-0.39, 0.29) is 11.9 Å². The number of fused-ring (bicyclic) bond motifs is 2. The summed E-state index contributed by atoms with van der Waals surface area (Å²) in [6, 6.07) is 9.58. The van der Waals surface area contributed by atoms with Gasteiger partial charge in [0.15, 0.2) is 5.01 Å². The van der Waals surface area contributed by atoms with Crippen molar-refractivity contribution in [2.75, 3.05) is 0 Å². The summed E-state index contributed by atoms with van der Waals surface area (Å²) in [5, 5.41) is 7.24. The molecule has 5 heteroatoms. The van der Waals surface area contributed by atoms with Crippen LogP contribution in [0.15, 0.2) is 30.5 Å². The standard InChI is InChI=1S/C17H19N3OS/c1-10-3-2-4-11(7-10)15-9-18-17(22-15)16(21)20-14-8-12-5-6-13(14)19-12/h2-4,7,9,12-14,19H,5-6,8H2,1H3,(H,20,21). The Balaban J connectivity index is 1.48. The highest BCUT2D eigenvalue weighted by atomic mass is 32.1. The molecule has 22 heavy (non-hydrogen) atoms. The highest BCUT2D eigenvalue weighted by molar-refractivity contribution is 7.16. The van der Waals surface area contributed by atoms with Gasteiger partial charge in [-0.1, -0.05) is 29.8 Å². The molecule has 2 saturated heterocycles. The minimum Gasteiger partial charge on any atom is -0.346 e. The molecule has 2 aromatic rings. The van der Waals surface area contributed by atoms with E-state index < -0.39 is 0 Å². The number of rotatable bonds is 3. The van der Waals surface area contributed by atoms with Gasteiger partial charge >= 0.3 is 0 Å². The highest BCUT2D eigenvalue weighted by Crippen LogP contribution is 2.30. The van der Waals surface area contributed by atoms with E-state index >= 15 is 0 Å². The number of hydrogen-bond acceptors (Lipinski definition) is 4. The first-order valence-corrected chi connectivity index (χ1v) is 8.60. The van der Waals surface area contributed by atoms with Crippen LogP contribution in [0.1, 0.15) is 34.6 Å². The smallest absolute Gasteiger partial charge is 0.280 e. The maximum absolute atomic E-state index is 12.4. The first-order valence-electron chi connectivity index (χ1n) is 7.79. The maximum Gasteiger partial charge on any atom is 0.280 e. The average molecular weight is 313 g/mol. The molecule has 2 bridgehead atoms. The second kappa shape index (κ2) is 5.48. The summed E-state index contributed by atoms with van der Waals surface area (Å²) in [6.45, 7) is 2.07. The Morgan fingerprint density at radius 1 is 1.41 bits per heavy atom. The lowest BCUT2D eigenvalue weighted by atomic mass is 9.95. The van der Waals surface area contributed by atoms with Gasteiger partial charge in [0.2, 0.25) is 0 Å². The van der Waals surface area contributed by atoms with Gasteiger partial charge in [-0.2, -0.15) is 0 Å². The second-order valence-corrected chi connectivity index (χ2v) is 7.29. The van der Waals surface area contributed by atoms with Crippen LogP contribution in [0.5, 0.6) is 0 Å². The highest BCUT2D eigenvalue weighted by Gasteiger charge is 2.39. The molecule has 114 valence electrons. The number of hydrogen-bond donors (Lipinski definition) is 2. The minimum absolute atomic E-state index is 0.0387. The normalized spacial score (nSPS) is 26.3. The molecule has 3 atom stereocenters. The van der Waals surface area contributed by atoms with E-state index in [4.69, 9.17) is 0 Å². The molecule has 4 nitrogen and oxygen atoms in total. The van der Waals surface area contributed by atoms with Gasteiger partial charge in [-0.15, -0.1) is 11.3 Å². The Morgan fingerprint density at radius 2 is 2.32 bits per heavy atom. The lowest BCUT2D eigenvalue weighted by Gasteiger charge is -2.20. The van der Waals surface area contributed by atoms with E-state index in [0.717, 1.165) is 16.9 Å². The third-order valence-electron chi connectivity index (χ3n) is 4.62. The molecule has 4 rings (SSSR count).